The number of aliphatic hydroxyl groups is 1. The van der Waals surface area contributed by atoms with Crippen molar-refractivity contribution >= 4 is 23.2 Å². The Hall–Kier alpha value is -2.56. The van der Waals surface area contributed by atoms with Crippen LogP contribution in [0.5, 0.6) is 0 Å². The number of aliphatic hydroxyl groups excluding tert-OH is 1. The third kappa shape index (κ3) is 3.49. The van der Waals surface area contributed by atoms with Crippen molar-refractivity contribution in [3.05, 3.63) is 48.1 Å². The molecule has 17 heavy (non-hydrogen) atoms. The van der Waals surface area contributed by atoms with Crippen molar-refractivity contribution in [2.24, 2.45) is 0 Å². The fraction of sp³-hybridized carbons (Fsp3) is 0. The lowest BCUT2D eigenvalue weighted by Crippen LogP contribution is -2.08. The van der Waals surface area contributed by atoms with Crippen molar-refractivity contribution in [3.8, 4) is 0 Å². The molecule has 0 aliphatic heterocycles. The van der Waals surface area contributed by atoms with Crippen LogP contribution in [-0.4, -0.2) is 22.0 Å². The molecule has 0 amide bonds. The van der Waals surface area contributed by atoms with Crippen molar-refractivity contribution in [3.63, 3.8) is 0 Å². The van der Waals surface area contributed by atoms with Crippen LogP contribution in [0.15, 0.2) is 42.5 Å². The van der Waals surface area contributed by atoms with Gasteiger partial charge in [0.2, 0.25) is 0 Å². The summed E-state index contributed by atoms with van der Waals surface area (Å²) in [6.45, 7) is 0. The molecule has 0 saturated carbocycles. The quantitative estimate of drug-likeness (QED) is 0.240. The van der Waals surface area contributed by atoms with E-state index in [4.69, 9.17) is 10.8 Å². The van der Waals surface area contributed by atoms with Gasteiger partial charge in [0.1, 0.15) is 5.76 Å². The van der Waals surface area contributed by atoms with E-state index in [0.717, 1.165) is 12.2 Å². The number of nitrogen functional groups attached to an aromatic ring is 1. The second-order valence-corrected chi connectivity index (χ2v) is 3.17. The van der Waals surface area contributed by atoms with Crippen molar-refractivity contribution in [1.82, 2.24) is 0 Å². The van der Waals surface area contributed by atoms with E-state index >= 15 is 0 Å². The lowest BCUT2D eigenvalue weighted by Gasteiger charge is -2.02. The molecule has 0 bridgehead atoms. The SMILES string of the molecule is Nc1ccccc1C(O)=CC=CC(=O)C(=O)O. The first kappa shape index (κ1) is 12.5. The number of benzene rings is 1. The Morgan fingerprint density at radius 3 is 2.41 bits per heavy atom. The highest BCUT2D eigenvalue weighted by atomic mass is 16.4. The minimum absolute atomic E-state index is 0.141. The zero-order chi connectivity index (χ0) is 12.8. The molecule has 1 rings (SSSR count). The molecule has 4 N–H and O–H groups in total. The minimum Gasteiger partial charge on any atom is -0.507 e. The van der Waals surface area contributed by atoms with Crippen molar-refractivity contribution in [2.75, 3.05) is 5.73 Å². The molecule has 0 fully saturated rings. The third-order valence-corrected chi connectivity index (χ3v) is 1.95. The van der Waals surface area contributed by atoms with E-state index in [-0.39, 0.29) is 5.76 Å². The lowest BCUT2D eigenvalue weighted by atomic mass is 10.1. The number of carboxylic acids is 1. The Balaban J connectivity index is 2.84. The second-order valence-electron chi connectivity index (χ2n) is 3.17. The van der Waals surface area contributed by atoms with Crippen LogP contribution in [0.3, 0.4) is 0 Å². The van der Waals surface area contributed by atoms with Gasteiger partial charge in [0.25, 0.3) is 5.78 Å². The molecule has 0 aliphatic carbocycles. The zero-order valence-corrected chi connectivity index (χ0v) is 8.83. The summed E-state index contributed by atoms with van der Waals surface area (Å²) in [4.78, 5) is 20.9. The number of carbonyl (C=O) groups excluding carboxylic acids is 1. The Morgan fingerprint density at radius 1 is 1.18 bits per heavy atom. The van der Waals surface area contributed by atoms with E-state index in [0.29, 0.717) is 11.3 Å². The number of allylic oxidation sites excluding steroid dienone is 2. The number of rotatable bonds is 4. The van der Waals surface area contributed by atoms with Crippen LogP contribution in [0, 0.1) is 0 Å². The minimum atomic E-state index is -1.55. The largest absolute Gasteiger partial charge is 0.507 e. The van der Waals surface area contributed by atoms with Gasteiger partial charge in [-0.05, 0) is 24.3 Å². The average Bonchev–Trinajstić information content (AvgIpc) is 2.29. The lowest BCUT2D eigenvalue weighted by molar-refractivity contribution is -0.146. The standard InChI is InChI=1S/C12H11NO4/c13-9-5-2-1-4-8(9)10(14)6-3-7-11(15)12(16)17/h1-7,14H,13H2,(H,16,17). The van der Waals surface area contributed by atoms with Crippen LogP contribution in [0.1, 0.15) is 5.56 Å². The van der Waals surface area contributed by atoms with Crippen LogP contribution < -0.4 is 5.73 Å². The number of para-hydroxylation sites is 1. The molecule has 1 aromatic rings. The molecule has 5 nitrogen and oxygen atoms in total. The summed E-state index contributed by atoms with van der Waals surface area (Å²) in [6.07, 6.45) is 3.20. The molecule has 0 atom stereocenters. The van der Waals surface area contributed by atoms with Gasteiger partial charge in [0.05, 0.1) is 0 Å². The molecular weight excluding hydrogens is 222 g/mol. The van der Waals surface area contributed by atoms with Gasteiger partial charge >= 0.3 is 5.97 Å². The van der Waals surface area contributed by atoms with Gasteiger partial charge in [-0.2, -0.15) is 0 Å². The van der Waals surface area contributed by atoms with Gasteiger partial charge < -0.3 is 15.9 Å². The summed E-state index contributed by atoms with van der Waals surface area (Å²) in [7, 11) is 0. The first-order valence-corrected chi connectivity index (χ1v) is 4.72. The summed E-state index contributed by atoms with van der Waals surface area (Å²) < 4.78 is 0. The number of hydrogen-bond acceptors (Lipinski definition) is 4. The summed E-state index contributed by atoms with van der Waals surface area (Å²) in [5.74, 6) is -2.75. The van der Waals surface area contributed by atoms with Gasteiger partial charge in [-0.3, -0.25) is 4.79 Å². The number of anilines is 1. The summed E-state index contributed by atoms with van der Waals surface area (Å²) in [6, 6.07) is 6.64. The van der Waals surface area contributed by atoms with E-state index in [1.54, 1.807) is 24.3 Å². The number of aliphatic carboxylic acids is 1. The van der Waals surface area contributed by atoms with E-state index in [1.165, 1.54) is 6.08 Å². The van der Waals surface area contributed by atoms with Crippen LogP contribution in [0.25, 0.3) is 5.76 Å². The van der Waals surface area contributed by atoms with E-state index < -0.39 is 11.8 Å². The van der Waals surface area contributed by atoms with Crippen molar-refractivity contribution in [1.29, 1.82) is 0 Å². The average molecular weight is 233 g/mol. The van der Waals surface area contributed by atoms with E-state index in [9.17, 15) is 14.7 Å². The Bertz CT molecular complexity index is 503. The third-order valence-electron chi connectivity index (χ3n) is 1.95. The molecule has 0 aliphatic rings. The summed E-state index contributed by atoms with van der Waals surface area (Å²) in [5.41, 5.74) is 6.42. The van der Waals surface area contributed by atoms with Crippen molar-refractivity contribution in [2.45, 2.75) is 0 Å². The smallest absolute Gasteiger partial charge is 0.376 e. The number of ketones is 1. The Kier molecular flexibility index (Phi) is 4.05. The van der Waals surface area contributed by atoms with Gasteiger partial charge in [0, 0.05) is 11.3 Å². The number of carbonyl (C=O) groups is 2. The molecule has 5 heteroatoms. The van der Waals surface area contributed by atoms with Crippen LogP contribution in [-0.2, 0) is 9.59 Å². The maximum Gasteiger partial charge on any atom is 0.376 e. The predicted octanol–water partition coefficient (Wildman–Crippen LogP) is 1.38. The van der Waals surface area contributed by atoms with E-state index in [1.807, 2.05) is 0 Å². The topological polar surface area (TPSA) is 101 Å². The second kappa shape index (κ2) is 5.50. The highest BCUT2D eigenvalue weighted by Gasteiger charge is 2.05. The Morgan fingerprint density at radius 2 is 1.82 bits per heavy atom. The van der Waals surface area contributed by atoms with Crippen LogP contribution in [0.4, 0.5) is 5.69 Å². The van der Waals surface area contributed by atoms with Gasteiger partial charge in [-0.1, -0.05) is 18.2 Å². The molecule has 0 radical (unpaired) electrons. The molecule has 1 aromatic carbocycles. The fourth-order valence-corrected chi connectivity index (χ4v) is 1.12. The molecule has 0 aromatic heterocycles. The fourth-order valence-electron chi connectivity index (χ4n) is 1.12. The molecule has 88 valence electrons. The highest BCUT2D eigenvalue weighted by Crippen LogP contribution is 2.18. The molecular formula is C12H11NO4. The van der Waals surface area contributed by atoms with Gasteiger partial charge in [0.15, 0.2) is 0 Å². The predicted molar refractivity (Wildman–Crippen MR) is 63.2 cm³/mol. The summed E-state index contributed by atoms with van der Waals surface area (Å²) >= 11 is 0. The first-order valence-electron chi connectivity index (χ1n) is 4.72. The number of nitrogens with two attached hydrogens (primary N) is 1. The van der Waals surface area contributed by atoms with Crippen LogP contribution >= 0.6 is 0 Å². The monoisotopic (exact) mass is 233 g/mol. The first-order chi connectivity index (χ1) is 8.02. The van der Waals surface area contributed by atoms with Gasteiger partial charge in [-0.15, -0.1) is 0 Å². The maximum absolute atomic E-state index is 10.7. The number of hydrogen-bond donors (Lipinski definition) is 3. The molecule has 0 unspecified atom stereocenters. The maximum atomic E-state index is 10.7. The van der Waals surface area contributed by atoms with E-state index in [2.05, 4.69) is 0 Å². The van der Waals surface area contributed by atoms with Gasteiger partial charge in [-0.25, -0.2) is 4.79 Å². The van der Waals surface area contributed by atoms with Crippen molar-refractivity contribution < 1.29 is 19.8 Å². The normalized spacial score (nSPS) is 11.6. The summed E-state index contributed by atoms with van der Waals surface area (Å²) in [5, 5.41) is 17.9. The highest BCUT2D eigenvalue weighted by molar-refractivity contribution is 6.37. The molecule has 0 saturated heterocycles. The Labute approximate surface area is 97.5 Å². The number of carboxylic acid groups (broad SMARTS) is 1. The molecule has 0 spiro atoms. The molecule has 0 heterocycles. The van der Waals surface area contributed by atoms with Crippen LogP contribution in [0.2, 0.25) is 0 Å². The zero-order valence-electron chi connectivity index (χ0n) is 8.83.